The normalized spacial score (nSPS) is 11.0. The third-order valence-corrected chi connectivity index (χ3v) is 4.65. The minimum absolute atomic E-state index is 0.0139. The minimum Gasteiger partial charge on any atom is -0.508 e. The standard InChI is InChI=1S/C19H14N6O7/c1-2-32-19(27)15-16-18(23(17(15)20)9-4-3-5-10(26)6-9)22-12-8-14(25(30)31)13(24(28)29)7-11(12)21-16/h3-8,26H,2,20H2,1H3. The summed E-state index contributed by atoms with van der Waals surface area (Å²) in [5, 5.41) is 32.5. The molecule has 162 valence electrons. The highest BCUT2D eigenvalue weighted by atomic mass is 16.6. The Morgan fingerprint density at radius 1 is 1.12 bits per heavy atom. The number of hydrogen-bond acceptors (Lipinski definition) is 10. The number of aromatic hydroxyl groups is 1. The summed E-state index contributed by atoms with van der Waals surface area (Å²) in [5.41, 5.74) is 4.88. The van der Waals surface area contributed by atoms with Crippen molar-refractivity contribution < 1.29 is 24.5 Å². The summed E-state index contributed by atoms with van der Waals surface area (Å²) in [6, 6.07) is 7.78. The van der Waals surface area contributed by atoms with Gasteiger partial charge < -0.3 is 15.6 Å². The lowest BCUT2D eigenvalue weighted by Gasteiger charge is -2.08. The maximum absolute atomic E-state index is 12.6. The van der Waals surface area contributed by atoms with E-state index in [0.717, 1.165) is 12.1 Å². The van der Waals surface area contributed by atoms with Gasteiger partial charge in [0.1, 0.15) is 22.6 Å². The van der Waals surface area contributed by atoms with Crippen LogP contribution in [0, 0.1) is 20.2 Å². The molecule has 4 rings (SSSR count). The highest BCUT2D eigenvalue weighted by molar-refractivity contribution is 6.09. The van der Waals surface area contributed by atoms with Crippen molar-refractivity contribution in [1.29, 1.82) is 0 Å². The average molecular weight is 438 g/mol. The fourth-order valence-corrected chi connectivity index (χ4v) is 3.33. The first-order valence-corrected chi connectivity index (χ1v) is 9.14. The molecule has 0 aliphatic rings. The van der Waals surface area contributed by atoms with E-state index in [1.165, 1.54) is 16.7 Å². The molecule has 0 unspecified atom stereocenters. The van der Waals surface area contributed by atoms with Gasteiger partial charge in [0.25, 0.3) is 0 Å². The van der Waals surface area contributed by atoms with Gasteiger partial charge in [-0.05, 0) is 19.1 Å². The van der Waals surface area contributed by atoms with Crippen molar-refractivity contribution in [3.05, 3.63) is 62.2 Å². The molecule has 0 fully saturated rings. The Kier molecular flexibility index (Phi) is 4.77. The number of nitrogen functional groups attached to an aromatic ring is 1. The summed E-state index contributed by atoms with van der Waals surface area (Å²) >= 11 is 0. The SMILES string of the molecule is CCOC(=O)c1c(N)n(-c2cccc(O)c2)c2nc3cc([N+](=O)[O-])c([N+](=O)[O-])cc3nc12. The van der Waals surface area contributed by atoms with Gasteiger partial charge in [0.05, 0.1) is 45.3 Å². The molecule has 0 spiro atoms. The third-order valence-electron chi connectivity index (χ3n) is 4.65. The molecule has 0 saturated carbocycles. The van der Waals surface area contributed by atoms with Gasteiger partial charge in [-0.15, -0.1) is 0 Å². The minimum atomic E-state index is -0.901. The molecule has 13 nitrogen and oxygen atoms in total. The zero-order chi connectivity index (χ0) is 23.2. The van der Waals surface area contributed by atoms with E-state index in [0.29, 0.717) is 5.69 Å². The fraction of sp³-hybridized carbons (Fsp3) is 0.105. The van der Waals surface area contributed by atoms with Crippen LogP contribution in [0.3, 0.4) is 0 Å². The molecule has 13 heteroatoms. The van der Waals surface area contributed by atoms with Crippen molar-refractivity contribution >= 4 is 45.4 Å². The number of carbonyl (C=O) groups is 1. The van der Waals surface area contributed by atoms with Crippen LogP contribution in [0.4, 0.5) is 17.2 Å². The molecule has 0 radical (unpaired) electrons. The monoisotopic (exact) mass is 438 g/mol. The molecule has 0 saturated heterocycles. The highest BCUT2D eigenvalue weighted by Crippen LogP contribution is 2.35. The molecular weight excluding hydrogens is 424 g/mol. The number of hydrogen-bond donors (Lipinski definition) is 2. The largest absolute Gasteiger partial charge is 0.508 e. The second-order valence-electron chi connectivity index (χ2n) is 6.58. The van der Waals surface area contributed by atoms with Crippen LogP contribution >= 0.6 is 0 Å². The van der Waals surface area contributed by atoms with Crippen molar-refractivity contribution in [3.8, 4) is 11.4 Å². The van der Waals surface area contributed by atoms with E-state index < -0.39 is 27.2 Å². The number of nitro benzene ring substituents is 2. The van der Waals surface area contributed by atoms with Gasteiger partial charge in [-0.25, -0.2) is 14.8 Å². The topological polar surface area (TPSA) is 190 Å². The second kappa shape index (κ2) is 7.46. The van der Waals surface area contributed by atoms with Crippen LogP contribution in [-0.4, -0.2) is 42.1 Å². The lowest BCUT2D eigenvalue weighted by atomic mass is 10.2. The van der Waals surface area contributed by atoms with Gasteiger partial charge in [-0.1, -0.05) is 6.07 Å². The zero-order valence-corrected chi connectivity index (χ0v) is 16.4. The van der Waals surface area contributed by atoms with Gasteiger partial charge in [-0.2, -0.15) is 0 Å². The van der Waals surface area contributed by atoms with Crippen molar-refractivity contribution in [2.24, 2.45) is 0 Å². The molecule has 0 aliphatic carbocycles. The Morgan fingerprint density at radius 2 is 1.75 bits per heavy atom. The first-order valence-electron chi connectivity index (χ1n) is 9.14. The lowest BCUT2D eigenvalue weighted by molar-refractivity contribution is -0.422. The van der Waals surface area contributed by atoms with Crippen LogP contribution in [0.25, 0.3) is 27.9 Å². The lowest BCUT2D eigenvalue weighted by Crippen LogP contribution is -2.09. The summed E-state index contributed by atoms with van der Waals surface area (Å²) in [7, 11) is 0. The third kappa shape index (κ3) is 3.17. The first kappa shape index (κ1) is 20.5. The number of nitrogens with zero attached hydrogens (tertiary/aromatic N) is 5. The number of nitrogens with two attached hydrogens (primary N) is 1. The van der Waals surface area contributed by atoms with E-state index in [9.17, 15) is 30.1 Å². The first-order chi connectivity index (χ1) is 15.2. The molecule has 32 heavy (non-hydrogen) atoms. The predicted molar refractivity (Wildman–Crippen MR) is 112 cm³/mol. The van der Waals surface area contributed by atoms with Crippen LogP contribution in [0.15, 0.2) is 36.4 Å². The summed E-state index contributed by atoms with van der Waals surface area (Å²) in [6.45, 7) is 1.65. The molecule has 4 aromatic rings. The van der Waals surface area contributed by atoms with Crippen molar-refractivity contribution in [2.45, 2.75) is 6.92 Å². The summed E-state index contributed by atoms with van der Waals surface area (Å²) in [4.78, 5) is 42.1. The van der Waals surface area contributed by atoms with E-state index >= 15 is 0 Å². The van der Waals surface area contributed by atoms with E-state index in [4.69, 9.17) is 10.5 Å². The smallest absolute Gasteiger partial charge is 0.348 e. The molecule has 3 N–H and O–H groups in total. The van der Waals surface area contributed by atoms with Gasteiger partial charge >= 0.3 is 17.3 Å². The summed E-state index contributed by atoms with van der Waals surface area (Å²) in [6.07, 6.45) is 0. The van der Waals surface area contributed by atoms with E-state index in [2.05, 4.69) is 9.97 Å². The maximum Gasteiger partial charge on any atom is 0.348 e. The van der Waals surface area contributed by atoms with Gasteiger partial charge in [-0.3, -0.25) is 24.8 Å². The molecule has 2 aromatic carbocycles. The Labute approximate surface area is 178 Å². The molecule has 0 aliphatic heterocycles. The average Bonchev–Trinajstić information content (AvgIpc) is 3.01. The van der Waals surface area contributed by atoms with Gasteiger partial charge in [0, 0.05) is 6.07 Å². The maximum atomic E-state index is 12.6. The van der Waals surface area contributed by atoms with E-state index in [1.807, 2.05) is 0 Å². The molecule has 0 amide bonds. The number of phenols is 1. The van der Waals surface area contributed by atoms with Crippen molar-refractivity contribution in [3.63, 3.8) is 0 Å². The van der Waals surface area contributed by atoms with Crippen LogP contribution in [0.2, 0.25) is 0 Å². The quantitative estimate of drug-likeness (QED) is 0.266. The number of benzene rings is 2. The number of nitro groups is 2. The summed E-state index contributed by atoms with van der Waals surface area (Å²) < 4.78 is 6.40. The number of fused-ring (bicyclic) bond motifs is 2. The number of anilines is 1. The number of ether oxygens (including phenoxy) is 1. The Morgan fingerprint density at radius 3 is 2.31 bits per heavy atom. The predicted octanol–water partition coefficient (Wildman–Crippen LogP) is 2.85. The van der Waals surface area contributed by atoms with Crippen molar-refractivity contribution in [1.82, 2.24) is 14.5 Å². The van der Waals surface area contributed by atoms with E-state index in [1.54, 1.807) is 19.1 Å². The molecule has 0 bridgehead atoms. The molecular formula is C19H14N6O7. The van der Waals surface area contributed by atoms with Crippen LogP contribution in [0.1, 0.15) is 17.3 Å². The number of rotatable bonds is 5. The van der Waals surface area contributed by atoms with Gasteiger partial charge in [0.2, 0.25) is 0 Å². The fourth-order valence-electron chi connectivity index (χ4n) is 3.33. The van der Waals surface area contributed by atoms with Crippen molar-refractivity contribution in [2.75, 3.05) is 12.3 Å². The van der Waals surface area contributed by atoms with E-state index in [-0.39, 0.29) is 45.9 Å². The summed E-state index contributed by atoms with van der Waals surface area (Å²) in [5.74, 6) is -0.969. The number of phenolic OH excluding ortho intramolecular Hbond substituents is 1. The van der Waals surface area contributed by atoms with Crippen LogP contribution in [0.5, 0.6) is 5.75 Å². The zero-order valence-electron chi connectivity index (χ0n) is 16.4. The van der Waals surface area contributed by atoms with Crippen LogP contribution < -0.4 is 5.73 Å². The van der Waals surface area contributed by atoms with Gasteiger partial charge in [0.15, 0.2) is 5.65 Å². The number of carbonyl (C=O) groups excluding carboxylic acids is 1. The Bertz CT molecular complexity index is 1450. The molecule has 2 aromatic heterocycles. The Hall–Kier alpha value is -4.81. The molecule has 2 heterocycles. The molecule has 0 atom stereocenters. The number of aromatic nitrogens is 3. The Balaban J connectivity index is 2.14. The van der Waals surface area contributed by atoms with Crippen LogP contribution in [-0.2, 0) is 4.74 Å². The number of esters is 1. The highest BCUT2D eigenvalue weighted by Gasteiger charge is 2.29. The second-order valence-corrected chi connectivity index (χ2v) is 6.58.